The molecule has 1 amide bonds. The minimum atomic E-state index is -0.327. The summed E-state index contributed by atoms with van der Waals surface area (Å²) in [4.78, 5) is 14.6. The van der Waals surface area contributed by atoms with Gasteiger partial charge in [-0.05, 0) is 44.5 Å². The number of halogens is 2. The number of ether oxygens (including phenoxy) is 1. The zero-order chi connectivity index (χ0) is 14.9. The topological polar surface area (TPSA) is 29.5 Å². The van der Waals surface area contributed by atoms with Crippen molar-refractivity contribution in [1.29, 1.82) is 0 Å². The lowest BCUT2D eigenvalue weighted by atomic mass is 10.0. The van der Waals surface area contributed by atoms with Gasteiger partial charge in [-0.2, -0.15) is 0 Å². The monoisotopic (exact) mass is 359 g/mol. The third-order valence-electron chi connectivity index (χ3n) is 3.36. The molecule has 1 fully saturated rings. The number of aryl methyl sites for hydroxylation is 1. The van der Waals surface area contributed by atoms with Crippen molar-refractivity contribution >= 4 is 33.4 Å². The lowest BCUT2D eigenvalue weighted by Gasteiger charge is -2.42. The molecule has 0 N–H and O–H groups in total. The van der Waals surface area contributed by atoms with Crippen LogP contribution in [0.25, 0.3) is 0 Å². The van der Waals surface area contributed by atoms with Crippen LogP contribution in [0.15, 0.2) is 18.2 Å². The molecule has 1 atom stereocenters. The minimum Gasteiger partial charge on any atom is -0.368 e. The summed E-state index contributed by atoms with van der Waals surface area (Å²) in [5.74, 6) is 0.0430. The number of hydrogen-bond acceptors (Lipinski definition) is 2. The zero-order valence-electron chi connectivity index (χ0n) is 12.0. The highest BCUT2D eigenvalue weighted by Crippen LogP contribution is 2.25. The number of carbonyl (C=O) groups is 1. The van der Waals surface area contributed by atoms with Crippen molar-refractivity contribution in [1.82, 2.24) is 4.90 Å². The Balaban J connectivity index is 2.23. The van der Waals surface area contributed by atoms with Crippen LogP contribution >= 0.6 is 27.5 Å². The summed E-state index contributed by atoms with van der Waals surface area (Å²) < 4.78 is 5.93. The van der Waals surface area contributed by atoms with E-state index < -0.39 is 0 Å². The Kier molecular flexibility index (Phi) is 4.77. The third-order valence-corrected chi connectivity index (χ3v) is 4.32. The predicted octanol–water partition coefficient (Wildman–Crippen LogP) is 3.66. The van der Waals surface area contributed by atoms with E-state index in [1.807, 2.05) is 31.7 Å². The van der Waals surface area contributed by atoms with Crippen molar-refractivity contribution < 1.29 is 9.53 Å². The van der Waals surface area contributed by atoms with Crippen LogP contribution in [-0.2, 0) is 4.74 Å². The summed E-state index contributed by atoms with van der Waals surface area (Å²) in [7, 11) is 0. The Hall–Kier alpha value is -0.580. The standard InChI is InChI=1S/C15H19BrClNO2/c1-10-6-11(17)4-5-13(10)14(19)18-8-12(7-16)20-15(2,3)9-18/h4-6,12H,7-9H2,1-3H3. The third kappa shape index (κ3) is 3.54. The summed E-state index contributed by atoms with van der Waals surface area (Å²) in [5, 5.41) is 1.37. The number of carbonyl (C=O) groups excluding carboxylic acids is 1. The van der Waals surface area contributed by atoms with Crippen LogP contribution in [0.5, 0.6) is 0 Å². The number of alkyl halides is 1. The molecule has 0 bridgehead atoms. The molecule has 20 heavy (non-hydrogen) atoms. The van der Waals surface area contributed by atoms with Gasteiger partial charge in [-0.1, -0.05) is 27.5 Å². The molecule has 1 heterocycles. The largest absolute Gasteiger partial charge is 0.368 e. The van der Waals surface area contributed by atoms with Crippen LogP contribution < -0.4 is 0 Å². The van der Waals surface area contributed by atoms with E-state index in [9.17, 15) is 4.79 Å². The number of morpholine rings is 1. The molecule has 1 aliphatic rings. The minimum absolute atomic E-state index is 0.0234. The van der Waals surface area contributed by atoms with Crippen molar-refractivity contribution in [3.05, 3.63) is 34.3 Å². The molecular formula is C15H19BrClNO2. The Morgan fingerprint density at radius 1 is 1.55 bits per heavy atom. The fraction of sp³-hybridized carbons (Fsp3) is 0.533. The van der Waals surface area contributed by atoms with Gasteiger partial charge in [-0.25, -0.2) is 0 Å². The van der Waals surface area contributed by atoms with Gasteiger partial charge in [0.05, 0.1) is 11.7 Å². The molecule has 110 valence electrons. The zero-order valence-corrected chi connectivity index (χ0v) is 14.3. The highest BCUT2D eigenvalue weighted by molar-refractivity contribution is 9.09. The first-order valence-corrected chi connectivity index (χ1v) is 8.11. The first-order chi connectivity index (χ1) is 9.32. The van der Waals surface area contributed by atoms with Gasteiger partial charge in [0, 0.05) is 29.0 Å². The molecule has 1 aromatic rings. The van der Waals surface area contributed by atoms with E-state index in [2.05, 4.69) is 15.9 Å². The van der Waals surface area contributed by atoms with Crippen LogP contribution in [0.3, 0.4) is 0 Å². The second-order valence-electron chi connectivity index (χ2n) is 5.80. The molecule has 1 aliphatic heterocycles. The van der Waals surface area contributed by atoms with Crippen molar-refractivity contribution in [3.63, 3.8) is 0 Å². The number of benzene rings is 1. The van der Waals surface area contributed by atoms with Crippen LogP contribution in [0, 0.1) is 6.92 Å². The second-order valence-corrected chi connectivity index (χ2v) is 6.88. The maximum Gasteiger partial charge on any atom is 0.254 e. The molecule has 3 nitrogen and oxygen atoms in total. The highest BCUT2D eigenvalue weighted by Gasteiger charge is 2.35. The van der Waals surface area contributed by atoms with Crippen LogP contribution in [0.2, 0.25) is 5.02 Å². The van der Waals surface area contributed by atoms with Crippen molar-refractivity contribution in [3.8, 4) is 0 Å². The average molecular weight is 361 g/mol. The van der Waals surface area contributed by atoms with Crippen LogP contribution in [-0.4, -0.2) is 40.9 Å². The van der Waals surface area contributed by atoms with E-state index in [-0.39, 0.29) is 17.6 Å². The van der Waals surface area contributed by atoms with Gasteiger partial charge in [-0.3, -0.25) is 4.79 Å². The quantitative estimate of drug-likeness (QED) is 0.753. The van der Waals surface area contributed by atoms with E-state index in [1.54, 1.807) is 12.1 Å². The molecular weight excluding hydrogens is 342 g/mol. The molecule has 0 spiro atoms. The van der Waals surface area contributed by atoms with Gasteiger partial charge in [-0.15, -0.1) is 0 Å². The van der Waals surface area contributed by atoms with Crippen LogP contribution in [0.1, 0.15) is 29.8 Å². The Labute approximate surface area is 133 Å². The normalized spacial score (nSPS) is 21.9. The van der Waals surface area contributed by atoms with E-state index in [1.165, 1.54) is 0 Å². The van der Waals surface area contributed by atoms with Crippen molar-refractivity contribution in [2.45, 2.75) is 32.5 Å². The van der Waals surface area contributed by atoms with E-state index in [4.69, 9.17) is 16.3 Å². The number of amides is 1. The Bertz CT molecular complexity index is 519. The first-order valence-electron chi connectivity index (χ1n) is 6.61. The lowest BCUT2D eigenvalue weighted by molar-refractivity contribution is -0.116. The van der Waals surface area contributed by atoms with Gasteiger partial charge in [0.15, 0.2) is 0 Å². The fourth-order valence-electron chi connectivity index (χ4n) is 2.57. The second kappa shape index (κ2) is 6.04. The summed E-state index contributed by atoms with van der Waals surface area (Å²) in [6.07, 6.45) is 0.0234. The lowest BCUT2D eigenvalue weighted by Crippen LogP contribution is -2.55. The van der Waals surface area contributed by atoms with E-state index in [0.717, 1.165) is 10.9 Å². The summed E-state index contributed by atoms with van der Waals surface area (Å²) in [5.41, 5.74) is 1.29. The Morgan fingerprint density at radius 3 is 2.85 bits per heavy atom. The predicted molar refractivity (Wildman–Crippen MR) is 84.8 cm³/mol. The number of hydrogen-bond donors (Lipinski definition) is 0. The van der Waals surface area contributed by atoms with Gasteiger partial charge in [0.1, 0.15) is 0 Å². The maximum atomic E-state index is 12.7. The van der Waals surface area contributed by atoms with E-state index >= 15 is 0 Å². The molecule has 2 rings (SSSR count). The maximum absolute atomic E-state index is 12.7. The summed E-state index contributed by atoms with van der Waals surface area (Å²) in [6.45, 7) is 7.13. The van der Waals surface area contributed by atoms with Crippen molar-refractivity contribution in [2.24, 2.45) is 0 Å². The van der Waals surface area contributed by atoms with Gasteiger partial charge >= 0.3 is 0 Å². The molecule has 1 aromatic carbocycles. The van der Waals surface area contributed by atoms with Gasteiger partial charge in [0.25, 0.3) is 5.91 Å². The van der Waals surface area contributed by atoms with E-state index in [0.29, 0.717) is 23.7 Å². The first kappa shape index (κ1) is 15.8. The van der Waals surface area contributed by atoms with Crippen LogP contribution in [0.4, 0.5) is 0 Å². The average Bonchev–Trinajstić information content (AvgIpc) is 2.36. The molecule has 0 aromatic heterocycles. The molecule has 1 unspecified atom stereocenters. The SMILES string of the molecule is Cc1cc(Cl)ccc1C(=O)N1CC(CBr)OC(C)(C)C1. The molecule has 0 radical (unpaired) electrons. The fourth-order valence-corrected chi connectivity index (χ4v) is 3.13. The molecule has 5 heteroatoms. The number of nitrogens with zero attached hydrogens (tertiary/aromatic N) is 1. The molecule has 0 saturated carbocycles. The van der Waals surface area contributed by atoms with Gasteiger partial charge < -0.3 is 9.64 Å². The van der Waals surface area contributed by atoms with Gasteiger partial charge in [0.2, 0.25) is 0 Å². The molecule has 0 aliphatic carbocycles. The number of rotatable bonds is 2. The highest BCUT2D eigenvalue weighted by atomic mass is 79.9. The molecule has 1 saturated heterocycles. The summed E-state index contributed by atoms with van der Waals surface area (Å²) in [6, 6.07) is 5.38. The Morgan fingerprint density at radius 2 is 2.25 bits per heavy atom. The summed E-state index contributed by atoms with van der Waals surface area (Å²) >= 11 is 9.39. The van der Waals surface area contributed by atoms with Crippen molar-refractivity contribution in [2.75, 3.05) is 18.4 Å². The smallest absolute Gasteiger partial charge is 0.254 e.